The summed E-state index contributed by atoms with van der Waals surface area (Å²) in [5.41, 5.74) is 6.60. The molecule has 0 saturated heterocycles. The maximum atomic E-state index is 5.91. The summed E-state index contributed by atoms with van der Waals surface area (Å²) >= 11 is 0. The third-order valence-electron chi connectivity index (χ3n) is 4.44. The zero-order valence-electron chi connectivity index (χ0n) is 10.9. The van der Waals surface area contributed by atoms with Gasteiger partial charge in [0.25, 0.3) is 0 Å². The van der Waals surface area contributed by atoms with Crippen molar-refractivity contribution in [3.05, 3.63) is 0 Å². The molecule has 2 fully saturated rings. The number of hydrogen-bond acceptors (Lipinski definition) is 3. The Labute approximate surface area is 99.1 Å². The van der Waals surface area contributed by atoms with Crippen LogP contribution in [0.4, 0.5) is 0 Å². The van der Waals surface area contributed by atoms with E-state index in [0.717, 1.165) is 19.4 Å². The zero-order chi connectivity index (χ0) is 11.8. The van der Waals surface area contributed by atoms with Crippen molar-refractivity contribution in [3.8, 4) is 0 Å². The Bertz CT molecular complexity index is 246. The van der Waals surface area contributed by atoms with Gasteiger partial charge < -0.3 is 15.8 Å². The van der Waals surface area contributed by atoms with E-state index in [-0.39, 0.29) is 5.54 Å². The highest BCUT2D eigenvalue weighted by molar-refractivity contribution is 5.05. The second-order valence-electron chi connectivity index (χ2n) is 6.50. The van der Waals surface area contributed by atoms with Gasteiger partial charge in [0, 0.05) is 25.2 Å². The van der Waals surface area contributed by atoms with Crippen LogP contribution in [0, 0.1) is 5.41 Å². The molecule has 1 unspecified atom stereocenters. The van der Waals surface area contributed by atoms with Crippen LogP contribution in [0.15, 0.2) is 0 Å². The quantitative estimate of drug-likeness (QED) is 0.766. The fraction of sp³-hybridized carbons (Fsp3) is 1.00. The molecule has 0 aromatic carbocycles. The van der Waals surface area contributed by atoms with Crippen molar-refractivity contribution in [1.82, 2.24) is 5.32 Å². The number of rotatable bonds is 4. The fourth-order valence-electron chi connectivity index (χ4n) is 3.31. The van der Waals surface area contributed by atoms with E-state index in [0.29, 0.717) is 17.6 Å². The van der Waals surface area contributed by atoms with Crippen LogP contribution in [0.5, 0.6) is 0 Å². The predicted molar refractivity (Wildman–Crippen MR) is 66.4 cm³/mol. The van der Waals surface area contributed by atoms with Gasteiger partial charge in [-0.2, -0.15) is 0 Å². The van der Waals surface area contributed by atoms with E-state index < -0.39 is 0 Å². The number of ether oxygens (including phenoxy) is 1. The van der Waals surface area contributed by atoms with Gasteiger partial charge in [-0.25, -0.2) is 0 Å². The second-order valence-corrected chi connectivity index (χ2v) is 6.50. The van der Waals surface area contributed by atoms with Crippen molar-refractivity contribution < 1.29 is 4.74 Å². The Kier molecular flexibility index (Phi) is 3.30. The molecule has 2 aliphatic rings. The van der Waals surface area contributed by atoms with E-state index in [2.05, 4.69) is 19.2 Å². The van der Waals surface area contributed by atoms with Crippen molar-refractivity contribution in [2.75, 3.05) is 13.7 Å². The summed E-state index contributed by atoms with van der Waals surface area (Å²) in [6.45, 7) is 5.47. The summed E-state index contributed by atoms with van der Waals surface area (Å²) in [6, 6.07) is 0.663. The normalized spacial score (nSPS) is 42.0. The number of nitrogens with one attached hydrogen (secondary N) is 1. The average molecular weight is 226 g/mol. The minimum Gasteiger partial charge on any atom is -0.381 e. The van der Waals surface area contributed by atoms with Crippen LogP contribution < -0.4 is 11.1 Å². The van der Waals surface area contributed by atoms with Gasteiger partial charge in [0.1, 0.15) is 0 Å². The minimum absolute atomic E-state index is 0.172. The van der Waals surface area contributed by atoms with Gasteiger partial charge in [0.2, 0.25) is 0 Å². The maximum Gasteiger partial charge on any atom is 0.0607 e. The molecule has 2 aliphatic carbocycles. The molecule has 3 N–H and O–H groups in total. The van der Waals surface area contributed by atoms with Crippen LogP contribution in [0.25, 0.3) is 0 Å². The topological polar surface area (TPSA) is 47.3 Å². The molecular formula is C13H26N2O. The third-order valence-corrected chi connectivity index (χ3v) is 4.44. The SMILES string of the molecule is COC1CC(CN)(NC2CCC(C)(C)C2)C1. The molecule has 0 radical (unpaired) electrons. The van der Waals surface area contributed by atoms with Crippen molar-refractivity contribution >= 4 is 0 Å². The first-order valence-corrected chi connectivity index (χ1v) is 6.49. The molecule has 0 aliphatic heterocycles. The van der Waals surface area contributed by atoms with Crippen LogP contribution in [-0.4, -0.2) is 31.3 Å². The van der Waals surface area contributed by atoms with Crippen molar-refractivity contribution in [2.45, 2.75) is 63.6 Å². The van der Waals surface area contributed by atoms with E-state index in [4.69, 9.17) is 10.5 Å². The Morgan fingerprint density at radius 1 is 1.31 bits per heavy atom. The van der Waals surface area contributed by atoms with Gasteiger partial charge in [-0.3, -0.25) is 0 Å². The highest BCUT2D eigenvalue weighted by atomic mass is 16.5. The molecule has 0 spiro atoms. The molecule has 2 saturated carbocycles. The van der Waals surface area contributed by atoms with E-state index in [9.17, 15) is 0 Å². The van der Waals surface area contributed by atoms with E-state index in [1.54, 1.807) is 7.11 Å². The Hall–Kier alpha value is -0.120. The highest BCUT2D eigenvalue weighted by Crippen LogP contribution is 2.40. The van der Waals surface area contributed by atoms with E-state index in [1.807, 2.05) is 0 Å². The molecule has 3 heteroatoms. The van der Waals surface area contributed by atoms with Crippen molar-refractivity contribution in [1.29, 1.82) is 0 Å². The fourth-order valence-corrected chi connectivity index (χ4v) is 3.31. The van der Waals surface area contributed by atoms with Gasteiger partial charge in [-0.1, -0.05) is 13.8 Å². The molecule has 0 amide bonds. The van der Waals surface area contributed by atoms with Crippen LogP contribution in [0.3, 0.4) is 0 Å². The predicted octanol–water partition coefficient (Wildman–Crippen LogP) is 1.66. The molecule has 16 heavy (non-hydrogen) atoms. The summed E-state index contributed by atoms with van der Waals surface area (Å²) in [5, 5.41) is 3.79. The molecule has 2 rings (SSSR count). The largest absolute Gasteiger partial charge is 0.381 e. The molecular weight excluding hydrogens is 200 g/mol. The van der Waals surface area contributed by atoms with Crippen LogP contribution in [-0.2, 0) is 4.74 Å². The summed E-state index contributed by atoms with van der Waals surface area (Å²) < 4.78 is 5.35. The summed E-state index contributed by atoms with van der Waals surface area (Å²) in [5.74, 6) is 0. The number of methoxy groups -OCH3 is 1. The maximum absolute atomic E-state index is 5.91. The highest BCUT2D eigenvalue weighted by Gasteiger charge is 2.46. The molecule has 0 bridgehead atoms. The van der Waals surface area contributed by atoms with E-state index >= 15 is 0 Å². The number of nitrogens with two attached hydrogens (primary N) is 1. The summed E-state index contributed by atoms with van der Waals surface area (Å²) in [6.07, 6.45) is 6.50. The van der Waals surface area contributed by atoms with Gasteiger partial charge in [0.05, 0.1) is 6.10 Å². The first-order chi connectivity index (χ1) is 7.49. The van der Waals surface area contributed by atoms with Gasteiger partial charge in [0.15, 0.2) is 0 Å². The first-order valence-electron chi connectivity index (χ1n) is 6.49. The molecule has 0 aromatic heterocycles. The third kappa shape index (κ3) is 2.41. The molecule has 3 nitrogen and oxygen atoms in total. The first kappa shape index (κ1) is 12.3. The lowest BCUT2D eigenvalue weighted by Gasteiger charge is -2.48. The van der Waals surface area contributed by atoms with Crippen LogP contribution in [0.2, 0.25) is 0 Å². The van der Waals surface area contributed by atoms with Crippen LogP contribution >= 0.6 is 0 Å². The summed E-state index contributed by atoms with van der Waals surface area (Å²) in [4.78, 5) is 0. The molecule has 0 aromatic rings. The smallest absolute Gasteiger partial charge is 0.0607 e. The van der Waals surface area contributed by atoms with Gasteiger partial charge in [-0.05, 0) is 37.5 Å². The standard InChI is InChI=1S/C13H26N2O/c1-12(2)5-4-10(6-12)15-13(9-14)7-11(8-13)16-3/h10-11,15H,4-9,14H2,1-3H3. The zero-order valence-corrected chi connectivity index (χ0v) is 10.9. The van der Waals surface area contributed by atoms with E-state index in [1.165, 1.54) is 19.3 Å². The lowest BCUT2D eigenvalue weighted by Crippen LogP contribution is -2.64. The average Bonchev–Trinajstić information content (AvgIpc) is 2.51. The Morgan fingerprint density at radius 3 is 2.44 bits per heavy atom. The number of hydrogen-bond donors (Lipinski definition) is 2. The Balaban J connectivity index is 1.85. The van der Waals surface area contributed by atoms with Gasteiger partial charge >= 0.3 is 0 Å². The molecule has 94 valence electrons. The second kappa shape index (κ2) is 4.28. The lowest BCUT2D eigenvalue weighted by atomic mass is 9.73. The molecule has 0 heterocycles. The Morgan fingerprint density at radius 2 is 2.00 bits per heavy atom. The van der Waals surface area contributed by atoms with Crippen molar-refractivity contribution in [2.24, 2.45) is 11.1 Å². The van der Waals surface area contributed by atoms with Crippen LogP contribution in [0.1, 0.15) is 46.0 Å². The lowest BCUT2D eigenvalue weighted by molar-refractivity contribution is -0.0311. The van der Waals surface area contributed by atoms with Gasteiger partial charge in [-0.15, -0.1) is 0 Å². The summed E-state index contributed by atoms with van der Waals surface area (Å²) in [7, 11) is 1.80. The minimum atomic E-state index is 0.172. The molecule has 1 atom stereocenters. The van der Waals surface area contributed by atoms with Crippen molar-refractivity contribution in [3.63, 3.8) is 0 Å². The monoisotopic (exact) mass is 226 g/mol.